The second-order valence-electron chi connectivity index (χ2n) is 4.61. The van der Waals surface area contributed by atoms with E-state index in [9.17, 15) is 0 Å². The Bertz CT molecular complexity index is 787. The number of benzene rings is 2. The summed E-state index contributed by atoms with van der Waals surface area (Å²) in [6.45, 7) is 1.99. The van der Waals surface area contributed by atoms with E-state index < -0.39 is 0 Å². The normalized spacial score (nSPS) is 10.7. The predicted octanol–water partition coefficient (Wildman–Crippen LogP) is 4.57. The van der Waals surface area contributed by atoms with Crippen LogP contribution in [0.5, 0.6) is 11.5 Å². The molecule has 0 spiro atoms. The first-order valence-electron chi connectivity index (χ1n) is 6.21. The zero-order valence-electron chi connectivity index (χ0n) is 10.9. The van der Waals surface area contributed by atoms with Crippen molar-refractivity contribution in [1.82, 2.24) is 4.98 Å². The van der Waals surface area contributed by atoms with Gasteiger partial charge in [0.2, 0.25) is 0 Å². The van der Waals surface area contributed by atoms with Gasteiger partial charge in [0.1, 0.15) is 11.5 Å². The van der Waals surface area contributed by atoms with Gasteiger partial charge in [0, 0.05) is 28.9 Å². The van der Waals surface area contributed by atoms with Crippen LogP contribution in [0.15, 0.2) is 48.8 Å². The van der Waals surface area contributed by atoms with E-state index in [-0.39, 0.29) is 0 Å². The maximum absolute atomic E-state index is 6.17. The van der Waals surface area contributed by atoms with Crippen LogP contribution >= 0.6 is 11.6 Å². The number of rotatable bonds is 2. The van der Waals surface area contributed by atoms with Crippen LogP contribution in [-0.2, 0) is 0 Å². The largest absolute Gasteiger partial charge is 0.455 e. The lowest BCUT2D eigenvalue weighted by Gasteiger charge is -2.12. The van der Waals surface area contributed by atoms with E-state index in [1.165, 1.54) is 0 Å². The summed E-state index contributed by atoms with van der Waals surface area (Å²) in [6.07, 6.45) is 3.45. The molecule has 0 saturated carbocycles. The number of halogens is 1. The number of ether oxygens (including phenoxy) is 1. The van der Waals surface area contributed by atoms with Gasteiger partial charge >= 0.3 is 0 Å². The number of pyridine rings is 1. The number of aromatic nitrogens is 1. The summed E-state index contributed by atoms with van der Waals surface area (Å²) in [5, 5.41) is 2.36. The molecule has 0 radical (unpaired) electrons. The Labute approximate surface area is 122 Å². The fourth-order valence-corrected chi connectivity index (χ4v) is 2.24. The monoisotopic (exact) mass is 284 g/mol. The first kappa shape index (κ1) is 12.8. The molecule has 2 aromatic carbocycles. The van der Waals surface area contributed by atoms with Crippen molar-refractivity contribution >= 4 is 28.1 Å². The summed E-state index contributed by atoms with van der Waals surface area (Å²) in [5.41, 5.74) is 7.72. The van der Waals surface area contributed by atoms with Gasteiger partial charge in [-0.2, -0.15) is 0 Å². The van der Waals surface area contributed by atoms with Crippen LogP contribution in [0.2, 0.25) is 5.02 Å². The van der Waals surface area contributed by atoms with E-state index in [0.29, 0.717) is 22.2 Å². The van der Waals surface area contributed by atoms with E-state index >= 15 is 0 Å². The van der Waals surface area contributed by atoms with Crippen molar-refractivity contribution in [3.8, 4) is 11.5 Å². The number of nitrogens with zero attached hydrogens (tertiary/aromatic N) is 1. The quantitative estimate of drug-likeness (QED) is 0.701. The Morgan fingerprint density at radius 2 is 1.90 bits per heavy atom. The average molecular weight is 285 g/mol. The molecule has 0 unspecified atom stereocenters. The molecule has 0 bridgehead atoms. The van der Waals surface area contributed by atoms with Crippen LogP contribution < -0.4 is 10.5 Å². The van der Waals surface area contributed by atoms with Crippen LogP contribution in [0.1, 0.15) is 5.56 Å². The number of nitrogen functional groups attached to an aromatic ring is 1. The van der Waals surface area contributed by atoms with Crippen LogP contribution in [0.3, 0.4) is 0 Å². The highest BCUT2D eigenvalue weighted by Gasteiger charge is 2.08. The van der Waals surface area contributed by atoms with Crippen LogP contribution in [-0.4, -0.2) is 4.98 Å². The smallest absolute Gasteiger partial charge is 0.146 e. The lowest BCUT2D eigenvalue weighted by atomic mass is 10.1. The first-order valence-corrected chi connectivity index (χ1v) is 6.59. The third kappa shape index (κ3) is 2.28. The highest BCUT2D eigenvalue weighted by molar-refractivity contribution is 6.32. The van der Waals surface area contributed by atoms with Crippen molar-refractivity contribution in [2.24, 2.45) is 0 Å². The predicted molar refractivity (Wildman–Crippen MR) is 82.4 cm³/mol. The number of anilines is 1. The minimum absolute atomic E-state index is 0.578. The van der Waals surface area contributed by atoms with Crippen LogP contribution in [0.25, 0.3) is 10.8 Å². The summed E-state index contributed by atoms with van der Waals surface area (Å²) in [4.78, 5) is 4.09. The zero-order valence-corrected chi connectivity index (χ0v) is 11.7. The number of hydrogen-bond acceptors (Lipinski definition) is 3. The van der Waals surface area contributed by atoms with Gasteiger partial charge in [-0.15, -0.1) is 0 Å². The van der Waals surface area contributed by atoms with Crippen molar-refractivity contribution in [3.63, 3.8) is 0 Å². The molecule has 0 aliphatic carbocycles. The molecule has 0 saturated heterocycles. The molecule has 0 atom stereocenters. The second-order valence-corrected chi connectivity index (χ2v) is 5.02. The Morgan fingerprint density at radius 1 is 1.05 bits per heavy atom. The maximum Gasteiger partial charge on any atom is 0.146 e. The topological polar surface area (TPSA) is 48.1 Å². The summed E-state index contributed by atoms with van der Waals surface area (Å²) in [5.74, 6) is 1.35. The molecule has 0 aliphatic rings. The van der Waals surface area contributed by atoms with Gasteiger partial charge in [-0.25, -0.2) is 0 Å². The van der Waals surface area contributed by atoms with Crippen molar-refractivity contribution in [1.29, 1.82) is 0 Å². The number of nitrogens with two attached hydrogens (primary N) is 1. The lowest BCUT2D eigenvalue weighted by Crippen LogP contribution is -1.92. The lowest BCUT2D eigenvalue weighted by molar-refractivity contribution is 0.488. The molecule has 0 aliphatic heterocycles. The third-order valence-corrected chi connectivity index (χ3v) is 3.43. The molecular formula is C16H13ClN2O. The molecule has 4 heteroatoms. The van der Waals surface area contributed by atoms with E-state index in [2.05, 4.69) is 4.98 Å². The molecular weight excluding hydrogens is 272 g/mol. The molecule has 3 nitrogen and oxygen atoms in total. The first-order chi connectivity index (χ1) is 9.65. The highest BCUT2D eigenvalue weighted by atomic mass is 35.5. The third-order valence-electron chi connectivity index (χ3n) is 3.12. The molecule has 0 amide bonds. The fourth-order valence-electron chi connectivity index (χ4n) is 2.08. The highest BCUT2D eigenvalue weighted by Crippen LogP contribution is 2.35. The minimum Gasteiger partial charge on any atom is -0.455 e. The molecule has 100 valence electrons. The van der Waals surface area contributed by atoms with Gasteiger partial charge < -0.3 is 10.5 Å². The standard InChI is InChI=1S/C16H13ClN2O/c1-10-2-3-13(17)16(8-10)20-15-5-4-14(18)12-9-19-7-6-11(12)15/h2-9H,18H2,1H3. The van der Waals surface area contributed by atoms with E-state index in [0.717, 1.165) is 16.3 Å². The Kier molecular flexibility index (Phi) is 3.20. The molecule has 1 aromatic heterocycles. The number of hydrogen-bond donors (Lipinski definition) is 1. The van der Waals surface area contributed by atoms with Crippen molar-refractivity contribution in [2.45, 2.75) is 6.92 Å². The molecule has 2 N–H and O–H groups in total. The molecule has 3 aromatic rings. The Hall–Kier alpha value is -2.26. The van der Waals surface area contributed by atoms with Gasteiger partial charge in [-0.05, 0) is 42.8 Å². The Balaban J connectivity index is 2.11. The van der Waals surface area contributed by atoms with Crippen molar-refractivity contribution in [3.05, 3.63) is 59.4 Å². The zero-order chi connectivity index (χ0) is 14.1. The van der Waals surface area contributed by atoms with Crippen molar-refractivity contribution in [2.75, 3.05) is 5.73 Å². The van der Waals surface area contributed by atoms with Crippen LogP contribution in [0.4, 0.5) is 5.69 Å². The van der Waals surface area contributed by atoms with Crippen LogP contribution in [0, 0.1) is 6.92 Å². The molecule has 3 rings (SSSR count). The molecule has 1 heterocycles. The van der Waals surface area contributed by atoms with Gasteiger partial charge in [0.05, 0.1) is 5.02 Å². The van der Waals surface area contributed by atoms with Gasteiger partial charge in [0.25, 0.3) is 0 Å². The fraction of sp³-hybridized carbons (Fsp3) is 0.0625. The summed E-state index contributed by atoms with van der Waals surface area (Å²) >= 11 is 6.17. The Morgan fingerprint density at radius 3 is 2.75 bits per heavy atom. The van der Waals surface area contributed by atoms with Gasteiger partial charge in [0.15, 0.2) is 0 Å². The van der Waals surface area contributed by atoms with E-state index in [4.69, 9.17) is 22.1 Å². The second kappa shape index (κ2) is 5.02. The van der Waals surface area contributed by atoms with Crippen molar-refractivity contribution < 1.29 is 4.74 Å². The summed E-state index contributed by atoms with van der Waals surface area (Å²) in [6, 6.07) is 11.2. The van der Waals surface area contributed by atoms with Gasteiger partial charge in [-0.3, -0.25) is 4.98 Å². The molecule has 0 fully saturated rings. The summed E-state index contributed by atoms with van der Waals surface area (Å²) in [7, 11) is 0. The van der Waals surface area contributed by atoms with E-state index in [1.54, 1.807) is 12.4 Å². The van der Waals surface area contributed by atoms with E-state index in [1.807, 2.05) is 43.3 Å². The average Bonchev–Trinajstić information content (AvgIpc) is 2.46. The molecule has 20 heavy (non-hydrogen) atoms. The minimum atomic E-state index is 0.578. The summed E-state index contributed by atoms with van der Waals surface area (Å²) < 4.78 is 5.94. The number of fused-ring (bicyclic) bond motifs is 1. The number of aryl methyl sites for hydroxylation is 1. The van der Waals surface area contributed by atoms with Gasteiger partial charge in [-0.1, -0.05) is 17.7 Å². The maximum atomic E-state index is 6.17. The SMILES string of the molecule is Cc1ccc(Cl)c(Oc2ccc(N)c3cnccc23)c1.